The summed E-state index contributed by atoms with van der Waals surface area (Å²) in [6.45, 7) is 0. The molecule has 1 heterocycles. The molecule has 8 nitrogen and oxygen atoms in total. The second-order valence-electron chi connectivity index (χ2n) is 5.76. The molecule has 0 bridgehead atoms. The first-order valence-corrected chi connectivity index (χ1v) is 9.44. The van der Waals surface area contributed by atoms with Crippen molar-refractivity contribution in [1.29, 1.82) is 0 Å². The summed E-state index contributed by atoms with van der Waals surface area (Å²) in [6.07, 6.45) is 0. The molecule has 0 aliphatic carbocycles. The number of benzene rings is 2. The molecule has 29 heavy (non-hydrogen) atoms. The van der Waals surface area contributed by atoms with Crippen molar-refractivity contribution in [3.63, 3.8) is 0 Å². The molecule has 2 N–H and O–H groups in total. The van der Waals surface area contributed by atoms with Gasteiger partial charge in [0.2, 0.25) is 5.75 Å². The molecule has 0 saturated heterocycles. The van der Waals surface area contributed by atoms with E-state index in [2.05, 4.69) is 15.6 Å². The standard InChI is InChI=1S/C20H21N3O5S/c1-25-14-7-5-12(6-8-14)15-11-29-20(22-15)23-19(24)21-13-9-16(26-2)18(28-4)17(10-13)27-3/h5-11H,1-4H3,(H2,21,22,23,24). The number of methoxy groups -OCH3 is 4. The summed E-state index contributed by atoms with van der Waals surface area (Å²) in [6, 6.07) is 10.4. The van der Waals surface area contributed by atoms with Crippen LogP contribution in [-0.4, -0.2) is 39.5 Å². The van der Waals surface area contributed by atoms with Crippen LogP contribution < -0.4 is 29.6 Å². The topological polar surface area (TPSA) is 90.9 Å². The summed E-state index contributed by atoms with van der Waals surface area (Å²) in [7, 11) is 6.16. The van der Waals surface area contributed by atoms with E-state index in [0.29, 0.717) is 28.1 Å². The van der Waals surface area contributed by atoms with Gasteiger partial charge >= 0.3 is 6.03 Å². The Morgan fingerprint density at radius 2 is 1.55 bits per heavy atom. The van der Waals surface area contributed by atoms with Crippen LogP contribution in [0.2, 0.25) is 0 Å². The fraction of sp³-hybridized carbons (Fsp3) is 0.200. The predicted octanol–water partition coefficient (Wildman–Crippen LogP) is 4.49. The molecule has 0 spiro atoms. The molecule has 3 rings (SSSR count). The van der Waals surface area contributed by atoms with E-state index in [0.717, 1.165) is 17.0 Å². The minimum atomic E-state index is -0.435. The molecular formula is C20H21N3O5S. The van der Waals surface area contributed by atoms with Crippen LogP contribution in [0.25, 0.3) is 11.3 Å². The van der Waals surface area contributed by atoms with Crippen molar-refractivity contribution in [1.82, 2.24) is 4.98 Å². The minimum absolute atomic E-state index is 0.435. The molecule has 0 aliphatic heterocycles. The summed E-state index contributed by atoms with van der Waals surface area (Å²) >= 11 is 1.33. The van der Waals surface area contributed by atoms with Crippen LogP contribution in [-0.2, 0) is 0 Å². The van der Waals surface area contributed by atoms with E-state index in [1.807, 2.05) is 29.6 Å². The molecular weight excluding hydrogens is 394 g/mol. The number of hydrogen-bond acceptors (Lipinski definition) is 7. The van der Waals surface area contributed by atoms with Crippen molar-refractivity contribution >= 4 is 28.2 Å². The Kier molecular flexibility index (Phi) is 6.40. The number of anilines is 2. The summed E-state index contributed by atoms with van der Waals surface area (Å²) in [4.78, 5) is 16.8. The second-order valence-corrected chi connectivity index (χ2v) is 6.62. The van der Waals surface area contributed by atoms with Gasteiger partial charge in [-0.2, -0.15) is 0 Å². The van der Waals surface area contributed by atoms with E-state index in [-0.39, 0.29) is 0 Å². The smallest absolute Gasteiger partial charge is 0.325 e. The number of amides is 2. The maximum absolute atomic E-state index is 12.4. The summed E-state index contributed by atoms with van der Waals surface area (Å²) < 4.78 is 21.0. The SMILES string of the molecule is COc1ccc(-c2csc(NC(=O)Nc3cc(OC)c(OC)c(OC)c3)n2)cc1. The van der Waals surface area contributed by atoms with Gasteiger partial charge in [-0.15, -0.1) is 11.3 Å². The average Bonchev–Trinajstić information content (AvgIpc) is 3.21. The Morgan fingerprint density at radius 3 is 2.10 bits per heavy atom. The largest absolute Gasteiger partial charge is 0.497 e. The van der Waals surface area contributed by atoms with Gasteiger partial charge in [0.1, 0.15) is 5.75 Å². The monoisotopic (exact) mass is 415 g/mol. The fourth-order valence-electron chi connectivity index (χ4n) is 2.64. The lowest BCUT2D eigenvalue weighted by atomic mass is 10.2. The van der Waals surface area contributed by atoms with Crippen LogP contribution in [0.3, 0.4) is 0 Å². The molecule has 0 aliphatic rings. The van der Waals surface area contributed by atoms with Gasteiger partial charge in [0.05, 0.1) is 39.8 Å². The Hall–Kier alpha value is -3.46. The van der Waals surface area contributed by atoms with Gasteiger partial charge in [-0.1, -0.05) is 0 Å². The van der Waals surface area contributed by atoms with Crippen LogP contribution in [0.5, 0.6) is 23.0 Å². The number of hydrogen-bond donors (Lipinski definition) is 2. The number of urea groups is 1. The average molecular weight is 415 g/mol. The quantitative estimate of drug-likeness (QED) is 0.591. The third kappa shape index (κ3) is 4.69. The van der Waals surface area contributed by atoms with E-state index >= 15 is 0 Å². The van der Waals surface area contributed by atoms with Crippen molar-refractivity contribution in [2.45, 2.75) is 0 Å². The van der Waals surface area contributed by atoms with Crippen molar-refractivity contribution in [2.24, 2.45) is 0 Å². The first-order chi connectivity index (χ1) is 14.1. The maximum atomic E-state index is 12.4. The second kappa shape index (κ2) is 9.16. The molecule has 2 amide bonds. The molecule has 0 atom stereocenters. The van der Waals surface area contributed by atoms with Crippen molar-refractivity contribution < 1.29 is 23.7 Å². The molecule has 2 aromatic carbocycles. The van der Waals surface area contributed by atoms with Crippen LogP contribution >= 0.6 is 11.3 Å². The number of nitrogens with zero attached hydrogens (tertiary/aromatic N) is 1. The van der Waals surface area contributed by atoms with E-state index < -0.39 is 6.03 Å². The number of rotatable bonds is 7. The minimum Gasteiger partial charge on any atom is -0.497 e. The van der Waals surface area contributed by atoms with Crippen LogP contribution in [0.4, 0.5) is 15.6 Å². The van der Waals surface area contributed by atoms with Gasteiger partial charge in [0, 0.05) is 23.1 Å². The van der Waals surface area contributed by atoms with Crippen LogP contribution in [0.1, 0.15) is 0 Å². The summed E-state index contributed by atoms with van der Waals surface area (Å²) in [5.41, 5.74) is 2.19. The highest BCUT2D eigenvalue weighted by Crippen LogP contribution is 2.40. The molecule has 9 heteroatoms. The van der Waals surface area contributed by atoms with Crippen molar-refractivity contribution in [3.05, 3.63) is 41.8 Å². The normalized spacial score (nSPS) is 10.2. The van der Waals surface area contributed by atoms with Crippen molar-refractivity contribution in [3.8, 4) is 34.3 Å². The lowest BCUT2D eigenvalue weighted by Crippen LogP contribution is -2.19. The molecule has 1 aromatic heterocycles. The lowest BCUT2D eigenvalue weighted by molar-refractivity contribution is 0.262. The zero-order valence-electron chi connectivity index (χ0n) is 16.4. The van der Waals surface area contributed by atoms with E-state index in [9.17, 15) is 4.79 Å². The summed E-state index contributed by atoms with van der Waals surface area (Å²) in [5.74, 6) is 2.11. The highest BCUT2D eigenvalue weighted by Gasteiger charge is 2.15. The molecule has 3 aromatic rings. The van der Waals surface area contributed by atoms with Crippen LogP contribution in [0, 0.1) is 0 Å². The number of ether oxygens (including phenoxy) is 4. The molecule has 0 saturated carbocycles. The highest BCUT2D eigenvalue weighted by molar-refractivity contribution is 7.14. The number of carbonyl (C=O) groups is 1. The molecule has 0 radical (unpaired) electrons. The zero-order valence-corrected chi connectivity index (χ0v) is 17.3. The van der Waals surface area contributed by atoms with Crippen molar-refractivity contribution in [2.75, 3.05) is 39.1 Å². The molecule has 0 fully saturated rings. The molecule has 152 valence electrons. The zero-order chi connectivity index (χ0) is 20.8. The Balaban J connectivity index is 1.70. The third-order valence-corrected chi connectivity index (χ3v) is 4.79. The van der Waals surface area contributed by atoms with E-state index in [4.69, 9.17) is 18.9 Å². The first-order valence-electron chi connectivity index (χ1n) is 8.56. The van der Waals surface area contributed by atoms with E-state index in [1.54, 1.807) is 19.2 Å². The van der Waals surface area contributed by atoms with Gasteiger partial charge < -0.3 is 24.3 Å². The Bertz CT molecular complexity index is 963. The summed E-state index contributed by atoms with van der Waals surface area (Å²) in [5, 5.41) is 7.81. The van der Waals surface area contributed by atoms with Gasteiger partial charge in [0.15, 0.2) is 16.6 Å². The Morgan fingerprint density at radius 1 is 0.897 bits per heavy atom. The van der Waals surface area contributed by atoms with Gasteiger partial charge in [-0.25, -0.2) is 9.78 Å². The lowest BCUT2D eigenvalue weighted by Gasteiger charge is -2.14. The number of carbonyl (C=O) groups excluding carboxylic acids is 1. The highest BCUT2D eigenvalue weighted by atomic mass is 32.1. The number of thiazole rings is 1. The fourth-order valence-corrected chi connectivity index (χ4v) is 3.35. The van der Waals surface area contributed by atoms with E-state index in [1.165, 1.54) is 32.7 Å². The van der Waals surface area contributed by atoms with Gasteiger partial charge in [0.25, 0.3) is 0 Å². The maximum Gasteiger partial charge on any atom is 0.325 e. The number of nitrogens with one attached hydrogen (secondary N) is 2. The number of aromatic nitrogens is 1. The van der Waals surface area contributed by atoms with Gasteiger partial charge in [-0.05, 0) is 24.3 Å². The van der Waals surface area contributed by atoms with Gasteiger partial charge in [-0.3, -0.25) is 5.32 Å². The van der Waals surface area contributed by atoms with Crippen LogP contribution in [0.15, 0.2) is 41.8 Å². The molecule has 0 unspecified atom stereocenters. The third-order valence-electron chi connectivity index (χ3n) is 4.03. The first kappa shape index (κ1) is 20.3. The Labute approximate surface area is 172 Å². The predicted molar refractivity (Wildman–Crippen MR) is 113 cm³/mol.